The van der Waals surface area contributed by atoms with E-state index in [2.05, 4.69) is 5.10 Å². The number of rotatable bonds is 6. The zero-order valence-corrected chi connectivity index (χ0v) is 16.1. The third-order valence-electron chi connectivity index (χ3n) is 3.61. The van der Waals surface area contributed by atoms with E-state index in [1.165, 1.54) is 22.2 Å². The van der Waals surface area contributed by atoms with Crippen molar-refractivity contribution in [3.8, 4) is 5.75 Å². The Morgan fingerprint density at radius 1 is 1.19 bits per heavy atom. The molecule has 5 nitrogen and oxygen atoms in total. The predicted octanol–water partition coefficient (Wildman–Crippen LogP) is 4.44. The standard InChI is InChI=1S/C18H14Cl2N2O3S/c1-2-22-18(24)16(20)14(9-21-22)25-10-13-7-8-15(26-13)17(23)11-3-5-12(19)6-4-11/h3-9H,2,10H2,1H3. The number of aromatic nitrogens is 2. The first-order chi connectivity index (χ1) is 12.5. The molecule has 0 amide bonds. The van der Waals surface area contributed by atoms with Gasteiger partial charge in [-0.1, -0.05) is 23.2 Å². The Balaban J connectivity index is 1.71. The van der Waals surface area contributed by atoms with E-state index in [9.17, 15) is 9.59 Å². The molecule has 0 saturated carbocycles. The summed E-state index contributed by atoms with van der Waals surface area (Å²) in [7, 11) is 0. The van der Waals surface area contributed by atoms with Crippen LogP contribution in [0.3, 0.4) is 0 Å². The molecular weight excluding hydrogens is 395 g/mol. The second-order valence-electron chi connectivity index (χ2n) is 5.33. The molecule has 134 valence electrons. The number of nitrogens with zero attached hydrogens (tertiary/aromatic N) is 2. The second kappa shape index (κ2) is 8.03. The highest BCUT2D eigenvalue weighted by atomic mass is 35.5. The fourth-order valence-corrected chi connectivity index (χ4v) is 3.46. The van der Waals surface area contributed by atoms with Gasteiger partial charge in [0.15, 0.2) is 10.8 Å². The average molecular weight is 409 g/mol. The van der Waals surface area contributed by atoms with Crippen molar-refractivity contribution in [2.45, 2.75) is 20.1 Å². The molecule has 26 heavy (non-hydrogen) atoms. The number of aryl methyl sites for hydroxylation is 1. The van der Waals surface area contributed by atoms with Crippen LogP contribution in [0.5, 0.6) is 5.75 Å². The Bertz CT molecular complexity index is 996. The molecule has 0 aliphatic rings. The number of carbonyl (C=O) groups excluding carboxylic acids is 1. The first kappa shape index (κ1) is 18.6. The van der Waals surface area contributed by atoms with Crippen molar-refractivity contribution >= 4 is 40.3 Å². The number of hydrogen-bond acceptors (Lipinski definition) is 5. The first-order valence-electron chi connectivity index (χ1n) is 7.77. The van der Waals surface area contributed by atoms with E-state index in [0.717, 1.165) is 4.88 Å². The van der Waals surface area contributed by atoms with E-state index in [1.54, 1.807) is 37.3 Å². The summed E-state index contributed by atoms with van der Waals surface area (Å²) in [4.78, 5) is 25.8. The first-order valence-corrected chi connectivity index (χ1v) is 9.34. The quantitative estimate of drug-likeness (QED) is 0.565. The van der Waals surface area contributed by atoms with E-state index in [4.69, 9.17) is 27.9 Å². The lowest BCUT2D eigenvalue weighted by atomic mass is 10.1. The third kappa shape index (κ3) is 3.98. The highest BCUT2D eigenvalue weighted by Crippen LogP contribution is 2.24. The summed E-state index contributed by atoms with van der Waals surface area (Å²) in [5.74, 6) is 0.142. The number of ketones is 1. The van der Waals surface area contributed by atoms with E-state index in [0.29, 0.717) is 22.0 Å². The van der Waals surface area contributed by atoms with Gasteiger partial charge in [0.2, 0.25) is 5.78 Å². The molecule has 0 spiro atoms. The van der Waals surface area contributed by atoms with Crippen LogP contribution in [0.15, 0.2) is 47.4 Å². The minimum Gasteiger partial charge on any atom is -0.485 e. The van der Waals surface area contributed by atoms with E-state index in [-0.39, 0.29) is 23.2 Å². The molecule has 8 heteroatoms. The lowest BCUT2D eigenvalue weighted by Crippen LogP contribution is -2.22. The number of thiophene rings is 1. The Morgan fingerprint density at radius 2 is 1.92 bits per heavy atom. The topological polar surface area (TPSA) is 61.2 Å². The molecule has 3 aromatic rings. The normalized spacial score (nSPS) is 10.7. The van der Waals surface area contributed by atoms with Crippen LogP contribution in [0.4, 0.5) is 0 Å². The van der Waals surface area contributed by atoms with Crippen molar-refractivity contribution in [1.29, 1.82) is 0 Å². The Morgan fingerprint density at radius 3 is 2.62 bits per heavy atom. The Hall–Kier alpha value is -2.15. The molecular formula is C18H14Cl2N2O3S. The highest BCUT2D eigenvalue weighted by molar-refractivity contribution is 7.14. The molecule has 0 aliphatic heterocycles. The summed E-state index contributed by atoms with van der Waals surface area (Å²) in [5, 5.41) is 4.56. The molecule has 0 fully saturated rings. The van der Waals surface area contributed by atoms with E-state index in [1.807, 2.05) is 6.07 Å². The summed E-state index contributed by atoms with van der Waals surface area (Å²) < 4.78 is 6.84. The van der Waals surface area contributed by atoms with Gasteiger partial charge >= 0.3 is 0 Å². The Labute approximate surface area is 163 Å². The van der Waals surface area contributed by atoms with Crippen LogP contribution < -0.4 is 10.3 Å². The van der Waals surface area contributed by atoms with Crippen LogP contribution in [0.2, 0.25) is 10.0 Å². The molecule has 0 bridgehead atoms. The van der Waals surface area contributed by atoms with Gasteiger partial charge in [-0.2, -0.15) is 5.10 Å². The molecule has 0 unspecified atom stereocenters. The van der Waals surface area contributed by atoms with Crippen molar-refractivity contribution in [3.05, 3.63) is 78.3 Å². The molecule has 0 atom stereocenters. The van der Waals surface area contributed by atoms with Gasteiger partial charge in [0.25, 0.3) is 5.56 Å². The Kier molecular flexibility index (Phi) is 5.76. The molecule has 0 N–H and O–H groups in total. The number of ether oxygens (including phenoxy) is 1. The number of carbonyl (C=O) groups is 1. The minimum atomic E-state index is -0.392. The third-order valence-corrected chi connectivity index (χ3v) is 5.27. The fourth-order valence-electron chi connectivity index (χ4n) is 2.25. The number of benzene rings is 1. The summed E-state index contributed by atoms with van der Waals surface area (Å²) in [5.41, 5.74) is 0.176. The molecule has 0 saturated heterocycles. The van der Waals surface area contributed by atoms with Crippen molar-refractivity contribution in [3.63, 3.8) is 0 Å². The van der Waals surface area contributed by atoms with Crippen LogP contribution >= 0.6 is 34.5 Å². The lowest BCUT2D eigenvalue weighted by molar-refractivity contribution is 0.104. The maximum atomic E-state index is 12.5. The average Bonchev–Trinajstić information content (AvgIpc) is 3.12. The summed E-state index contributed by atoms with van der Waals surface area (Å²) >= 11 is 13.2. The molecule has 0 aliphatic carbocycles. The number of halogens is 2. The van der Waals surface area contributed by atoms with Gasteiger partial charge in [0.1, 0.15) is 6.61 Å². The SMILES string of the molecule is CCn1ncc(OCc2ccc(C(=O)c3ccc(Cl)cc3)s2)c(Cl)c1=O. The summed E-state index contributed by atoms with van der Waals surface area (Å²) in [6.07, 6.45) is 1.42. The van der Waals surface area contributed by atoms with Crippen LogP contribution in [0, 0.1) is 0 Å². The smallest absolute Gasteiger partial charge is 0.289 e. The predicted molar refractivity (Wildman–Crippen MR) is 103 cm³/mol. The lowest BCUT2D eigenvalue weighted by Gasteiger charge is -2.07. The van der Waals surface area contributed by atoms with Crippen LogP contribution in [-0.2, 0) is 13.2 Å². The molecule has 2 heterocycles. The maximum absolute atomic E-state index is 12.5. The summed E-state index contributed by atoms with van der Waals surface area (Å²) in [6.45, 7) is 2.42. The summed E-state index contributed by atoms with van der Waals surface area (Å²) in [6, 6.07) is 10.3. The van der Waals surface area contributed by atoms with Crippen molar-refractivity contribution in [1.82, 2.24) is 9.78 Å². The molecule has 3 rings (SSSR count). The van der Waals surface area contributed by atoms with Gasteiger partial charge in [0, 0.05) is 22.0 Å². The van der Waals surface area contributed by atoms with Crippen LogP contribution in [0.1, 0.15) is 27.0 Å². The maximum Gasteiger partial charge on any atom is 0.289 e. The van der Waals surface area contributed by atoms with Gasteiger partial charge in [-0.3, -0.25) is 9.59 Å². The highest BCUT2D eigenvalue weighted by Gasteiger charge is 2.14. The van der Waals surface area contributed by atoms with Crippen molar-refractivity contribution < 1.29 is 9.53 Å². The van der Waals surface area contributed by atoms with E-state index < -0.39 is 5.56 Å². The monoisotopic (exact) mass is 408 g/mol. The second-order valence-corrected chi connectivity index (χ2v) is 7.32. The zero-order valence-electron chi connectivity index (χ0n) is 13.7. The fraction of sp³-hybridized carbons (Fsp3) is 0.167. The number of hydrogen-bond donors (Lipinski definition) is 0. The van der Waals surface area contributed by atoms with Gasteiger partial charge < -0.3 is 4.74 Å². The van der Waals surface area contributed by atoms with Gasteiger partial charge in [-0.05, 0) is 43.3 Å². The minimum absolute atomic E-state index is 0.00382. The van der Waals surface area contributed by atoms with Gasteiger partial charge in [-0.15, -0.1) is 11.3 Å². The van der Waals surface area contributed by atoms with Crippen molar-refractivity contribution in [2.75, 3.05) is 0 Å². The molecule has 2 aromatic heterocycles. The van der Waals surface area contributed by atoms with Crippen LogP contribution in [-0.4, -0.2) is 15.6 Å². The largest absolute Gasteiger partial charge is 0.485 e. The molecule has 1 aromatic carbocycles. The molecule has 0 radical (unpaired) electrons. The zero-order chi connectivity index (χ0) is 18.7. The van der Waals surface area contributed by atoms with Gasteiger partial charge in [-0.25, -0.2) is 4.68 Å². The van der Waals surface area contributed by atoms with Crippen molar-refractivity contribution in [2.24, 2.45) is 0 Å². The van der Waals surface area contributed by atoms with Crippen LogP contribution in [0.25, 0.3) is 0 Å². The van der Waals surface area contributed by atoms with E-state index >= 15 is 0 Å². The van der Waals surface area contributed by atoms with Gasteiger partial charge in [0.05, 0.1) is 11.1 Å².